The Morgan fingerprint density at radius 2 is 1.70 bits per heavy atom. The SMILES string of the molecule is CC(=O)OC[C@H]1O[C@@H](OC(=O)OC(C)(C)C)C=C[C@@H]1OC(C)=O. The maximum Gasteiger partial charge on any atom is 0.511 e. The maximum atomic E-state index is 11.6. The van der Waals surface area contributed by atoms with Gasteiger partial charge < -0.3 is 23.7 Å². The first-order chi connectivity index (χ1) is 10.6. The molecule has 0 bridgehead atoms. The third-order valence-electron chi connectivity index (χ3n) is 2.49. The second-order valence-corrected chi connectivity index (χ2v) is 5.89. The van der Waals surface area contributed by atoms with Gasteiger partial charge in [0, 0.05) is 13.8 Å². The summed E-state index contributed by atoms with van der Waals surface area (Å²) in [6, 6.07) is 0. The lowest BCUT2D eigenvalue weighted by molar-refractivity contribution is -0.190. The van der Waals surface area contributed by atoms with E-state index in [1.165, 1.54) is 26.0 Å². The molecule has 0 spiro atoms. The lowest BCUT2D eigenvalue weighted by atomic mass is 10.1. The first-order valence-corrected chi connectivity index (χ1v) is 7.11. The summed E-state index contributed by atoms with van der Waals surface area (Å²) in [6.07, 6.45) is -0.539. The first-order valence-electron chi connectivity index (χ1n) is 7.11. The molecule has 0 aromatic heterocycles. The van der Waals surface area contributed by atoms with E-state index in [4.69, 9.17) is 23.7 Å². The van der Waals surface area contributed by atoms with E-state index in [1.807, 2.05) is 0 Å². The summed E-state index contributed by atoms with van der Waals surface area (Å²) in [5.41, 5.74) is -0.702. The van der Waals surface area contributed by atoms with Crippen LogP contribution in [-0.2, 0) is 33.3 Å². The van der Waals surface area contributed by atoms with Gasteiger partial charge in [0.25, 0.3) is 0 Å². The van der Waals surface area contributed by atoms with Gasteiger partial charge in [-0.3, -0.25) is 9.59 Å². The van der Waals surface area contributed by atoms with E-state index in [9.17, 15) is 14.4 Å². The third kappa shape index (κ3) is 7.64. The molecule has 23 heavy (non-hydrogen) atoms. The Morgan fingerprint density at radius 3 is 2.22 bits per heavy atom. The molecule has 0 fully saturated rings. The first kappa shape index (κ1) is 19.0. The van der Waals surface area contributed by atoms with E-state index in [2.05, 4.69) is 0 Å². The summed E-state index contributed by atoms with van der Waals surface area (Å²) in [7, 11) is 0. The van der Waals surface area contributed by atoms with E-state index in [1.54, 1.807) is 20.8 Å². The average Bonchev–Trinajstić information content (AvgIpc) is 2.35. The van der Waals surface area contributed by atoms with Crippen LogP contribution in [0.25, 0.3) is 0 Å². The van der Waals surface area contributed by atoms with Crippen molar-refractivity contribution in [1.29, 1.82) is 0 Å². The Bertz CT molecular complexity index is 476. The largest absolute Gasteiger partial charge is 0.511 e. The lowest BCUT2D eigenvalue weighted by Crippen LogP contribution is -2.43. The zero-order valence-electron chi connectivity index (χ0n) is 13.9. The molecule has 0 saturated heterocycles. The molecule has 0 unspecified atom stereocenters. The molecular weight excluding hydrogens is 308 g/mol. The molecule has 0 saturated carbocycles. The van der Waals surface area contributed by atoms with Gasteiger partial charge in [0.1, 0.15) is 24.4 Å². The molecule has 8 heteroatoms. The van der Waals surface area contributed by atoms with Crippen LogP contribution in [0.2, 0.25) is 0 Å². The second kappa shape index (κ2) is 7.96. The molecular formula is C15H22O8. The van der Waals surface area contributed by atoms with Crippen molar-refractivity contribution in [3.63, 3.8) is 0 Å². The van der Waals surface area contributed by atoms with Gasteiger partial charge in [0.05, 0.1) is 0 Å². The van der Waals surface area contributed by atoms with Gasteiger partial charge in [0.15, 0.2) is 0 Å². The van der Waals surface area contributed by atoms with E-state index in [0.717, 1.165) is 0 Å². The Hall–Kier alpha value is -2.09. The highest BCUT2D eigenvalue weighted by Crippen LogP contribution is 2.19. The van der Waals surface area contributed by atoms with Crippen LogP contribution in [0.5, 0.6) is 0 Å². The quantitative estimate of drug-likeness (QED) is 0.436. The van der Waals surface area contributed by atoms with Gasteiger partial charge in [-0.05, 0) is 32.9 Å². The van der Waals surface area contributed by atoms with E-state index >= 15 is 0 Å². The predicted octanol–water partition coefficient (Wildman–Crippen LogP) is 1.71. The van der Waals surface area contributed by atoms with Crippen molar-refractivity contribution in [1.82, 2.24) is 0 Å². The van der Waals surface area contributed by atoms with Gasteiger partial charge in [-0.2, -0.15) is 0 Å². The van der Waals surface area contributed by atoms with Crippen molar-refractivity contribution >= 4 is 18.1 Å². The van der Waals surface area contributed by atoms with Gasteiger partial charge in [-0.15, -0.1) is 0 Å². The Morgan fingerprint density at radius 1 is 1.04 bits per heavy atom. The van der Waals surface area contributed by atoms with Gasteiger partial charge in [-0.25, -0.2) is 4.79 Å². The van der Waals surface area contributed by atoms with E-state index < -0.39 is 42.2 Å². The third-order valence-corrected chi connectivity index (χ3v) is 2.49. The number of carbonyl (C=O) groups excluding carboxylic acids is 3. The van der Waals surface area contributed by atoms with Gasteiger partial charge in [0.2, 0.25) is 6.29 Å². The topological polar surface area (TPSA) is 97.4 Å². The van der Waals surface area contributed by atoms with Crippen molar-refractivity contribution in [2.75, 3.05) is 6.61 Å². The molecule has 0 aromatic carbocycles. The molecule has 0 amide bonds. The van der Waals surface area contributed by atoms with Crippen LogP contribution in [0.3, 0.4) is 0 Å². The number of ether oxygens (including phenoxy) is 5. The number of rotatable bonds is 4. The summed E-state index contributed by atoms with van der Waals surface area (Å²) in [4.78, 5) is 33.6. The van der Waals surface area contributed by atoms with Crippen molar-refractivity contribution in [3.05, 3.63) is 12.2 Å². The van der Waals surface area contributed by atoms with Crippen LogP contribution in [0.1, 0.15) is 34.6 Å². The van der Waals surface area contributed by atoms with Gasteiger partial charge in [-0.1, -0.05) is 0 Å². The minimum absolute atomic E-state index is 0.147. The Kier molecular flexibility index (Phi) is 6.56. The summed E-state index contributed by atoms with van der Waals surface area (Å²) in [5, 5.41) is 0. The normalized spacial score (nSPS) is 23.8. The molecule has 3 atom stereocenters. The molecule has 1 aliphatic heterocycles. The van der Waals surface area contributed by atoms with Crippen LogP contribution < -0.4 is 0 Å². The zero-order valence-corrected chi connectivity index (χ0v) is 13.9. The molecule has 8 nitrogen and oxygen atoms in total. The number of esters is 2. The van der Waals surface area contributed by atoms with Crippen LogP contribution in [0, 0.1) is 0 Å². The van der Waals surface area contributed by atoms with Crippen LogP contribution >= 0.6 is 0 Å². The molecule has 1 aliphatic rings. The molecule has 0 aromatic rings. The highest BCUT2D eigenvalue weighted by molar-refractivity contribution is 5.67. The average molecular weight is 330 g/mol. The van der Waals surface area contributed by atoms with Crippen LogP contribution in [0.15, 0.2) is 12.2 Å². The monoisotopic (exact) mass is 330 g/mol. The summed E-state index contributed by atoms with van der Waals surface area (Å²) in [6.45, 7) is 7.45. The molecule has 0 aliphatic carbocycles. The molecule has 0 N–H and O–H groups in total. The molecule has 1 rings (SSSR count). The standard InChI is InChI=1S/C15H22O8/c1-9(16)19-8-12-11(20-10(2)17)6-7-13(21-12)22-14(18)23-15(3,4)5/h6-7,11-13H,8H2,1-5H3/t11-,12+,13-/m0/s1. The predicted molar refractivity (Wildman–Crippen MR) is 77.3 cm³/mol. The minimum Gasteiger partial charge on any atom is -0.463 e. The van der Waals surface area contributed by atoms with Crippen molar-refractivity contribution in [2.45, 2.75) is 58.7 Å². The second-order valence-electron chi connectivity index (χ2n) is 5.89. The van der Waals surface area contributed by atoms with Crippen LogP contribution in [0.4, 0.5) is 4.79 Å². The fraction of sp³-hybridized carbons (Fsp3) is 0.667. The van der Waals surface area contributed by atoms with Crippen molar-refractivity contribution in [3.8, 4) is 0 Å². The number of carbonyl (C=O) groups is 3. The zero-order chi connectivity index (χ0) is 17.6. The van der Waals surface area contributed by atoms with Crippen molar-refractivity contribution < 1.29 is 38.1 Å². The minimum atomic E-state index is -1.03. The molecule has 1 heterocycles. The van der Waals surface area contributed by atoms with E-state index in [0.29, 0.717) is 0 Å². The summed E-state index contributed by atoms with van der Waals surface area (Å²) < 4.78 is 25.4. The molecule has 0 radical (unpaired) electrons. The Balaban J connectivity index is 2.68. The van der Waals surface area contributed by atoms with Crippen molar-refractivity contribution in [2.24, 2.45) is 0 Å². The number of hydrogen-bond acceptors (Lipinski definition) is 8. The fourth-order valence-corrected chi connectivity index (χ4v) is 1.70. The Labute approximate surface area is 134 Å². The number of hydrogen-bond donors (Lipinski definition) is 0. The molecule has 130 valence electrons. The van der Waals surface area contributed by atoms with Gasteiger partial charge >= 0.3 is 18.1 Å². The smallest absolute Gasteiger partial charge is 0.463 e. The fourth-order valence-electron chi connectivity index (χ4n) is 1.70. The highest BCUT2D eigenvalue weighted by Gasteiger charge is 2.33. The lowest BCUT2D eigenvalue weighted by Gasteiger charge is -2.31. The van der Waals surface area contributed by atoms with Crippen LogP contribution in [-0.4, -0.2) is 48.8 Å². The highest BCUT2D eigenvalue weighted by atomic mass is 16.8. The summed E-state index contributed by atoms with van der Waals surface area (Å²) >= 11 is 0. The summed E-state index contributed by atoms with van der Waals surface area (Å²) in [5.74, 6) is -1.02. The van der Waals surface area contributed by atoms with E-state index in [-0.39, 0.29) is 6.61 Å². The maximum absolute atomic E-state index is 11.6.